The Morgan fingerprint density at radius 2 is 1.78 bits per heavy atom. The molecule has 1 saturated heterocycles. The Balaban J connectivity index is 1.21. The lowest BCUT2D eigenvalue weighted by Gasteiger charge is -2.48. The van der Waals surface area contributed by atoms with Crippen molar-refractivity contribution in [2.75, 3.05) is 13.1 Å². The van der Waals surface area contributed by atoms with Crippen molar-refractivity contribution >= 4 is 23.3 Å². The second-order valence-electron chi connectivity index (χ2n) is 12.6. The number of amidine groups is 1. The monoisotopic (exact) mass is 581 g/mol. The summed E-state index contributed by atoms with van der Waals surface area (Å²) in [5.74, 6) is 2.02. The highest BCUT2D eigenvalue weighted by atomic mass is 35.5. The fraction of sp³-hybridized carbons (Fsp3) is 0.667. The van der Waals surface area contributed by atoms with Crippen molar-refractivity contribution in [1.29, 1.82) is 0 Å². The van der Waals surface area contributed by atoms with E-state index in [4.69, 9.17) is 17.3 Å². The van der Waals surface area contributed by atoms with Crippen LogP contribution in [0.1, 0.15) is 76.2 Å². The van der Waals surface area contributed by atoms with E-state index in [9.17, 15) is 4.79 Å². The number of nitrogens with two attached hydrogens (primary N) is 1. The van der Waals surface area contributed by atoms with E-state index in [0.717, 1.165) is 69.6 Å². The molecule has 10 nitrogen and oxygen atoms in total. The average Bonchev–Trinajstić information content (AvgIpc) is 3.70. The number of hydrazine groups is 2. The van der Waals surface area contributed by atoms with Gasteiger partial charge in [0.2, 0.25) is 5.91 Å². The molecule has 11 heteroatoms. The molecule has 2 aliphatic heterocycles. The molecule has 0 spiro atoms. The molecule has 4 aliphatic rings. The smallest absolute Gasteiger partial charge is 0.247 e. The van der Waals surface area contributed by atoms with Crippen molar-refractivity contribution < 1.29 is 4.79 Å². The van der Waals surface area contributed by atoms with Gasteiger partial charge in [0, 0.05) is 43.0 Å². The number of rotatable bonds is 8. The molecule has 0 unspecified atom stereocenters. The summed E-state index contributed by atoms with van der Waals surface area (Å²) in [6, 6.07) is 7.67. The van der Waals surface area contributed by atoms with Crippen molar-refractivity contribution in [2.24, 2.45) is 28.1 Å². The van der Waals surface area contributed by atoms with Gasteiger partial charge in [0.15, 0.2) is 0 Å². The number of hydrogen-bond acceptors (Lipinski definition) is 8. The Kier molecular flexibility index (Phi) is 8.79. The quantitative estimate of drug-likeness (QED) is 0.433. The molecule has 1 aromatic heterocycles. The van der Waals surface area contributed by atoms with E-state index in [1.807, 2.05) is 40.3 Å². The lowest BCUT2D eigenvalue weighted by atomic mass is 9.63. The van der Waals surface area contributed by atoms with Gasteiger partial charge in [0.05, 0.1) is 0 Å². The molecule has 222 valence electrons. The van der Waals surface area contributed by atoms with E-state index in [1.54, 1.807) is 6.33 Å². The van der Waals surface area contributed by atoms with E-state index in [1.165, 1.54) is 32.1 Å². The third-order valence-corrected chi connectivity index (χ3v) is 10.4. The molecule has 2 aliphatic carbocycles. The topological polar surface area (TPSA) is 117 Å². The van der Waals surface area contributed by atoms with E-state index in [0.29, 0.717) is 17.4 Å². The molecule has 6 rings (SSSR count). The number of hydrazone groups is 1. The molecule has 3 heterocycles. The van der Waals surface area contributed by atoms with Crippen LogP contribution in [0.3, 0.4) is 0 Å². The summed E-state index contributed by atoms with van der Waals surface area (Å²) >= 11 is 6.19. The highest BCUT2D eigenvalue weighted by Gasteiger charge is 2.45. The van der Waals surface area contributed by atoms with Crippen LogP contribution in [-0.2, 0) is 17.8 Å². The number of hydrogen-bond donors (Lipinski definition) is 3. The van der Waals surface area contributed by atoms with Gasteiger partial charge < -0.3 is 10.6 Å². The second kappa shape index (κ2) is 12.7. The normalized spacial score (nSPS) is 26.0. The Bertz CT molecular complexity index is 1170. The molecule has 1 aromatic carbocycles. The maximum absolute atomic E-state index is 14.4. The van der Waals surface area contributed by atoms with Crippen LogP contribution in [-0.4, -0.2) is 61.6 Å². The van der Waals surface area contributed by atoms with Crippen molar-refractivity contribution in [3.05, 3.63) is 47.5 Å². The Labute approximate surface area is 248 Å². The zero-order chi connectivity index (χ0) is 28.2. The van der Waals surface area contributed by atoms with Crippen LogP contribution >= 0.6 is 11.6 Å². The summed E-state index contributed by atoms with van der Waals surface area (Å²) in [5, 5.41) is 11.8. The van der Waals surface area contributed by atoms with Gasteiger partial charge in [-0.05, 0) is 80.4 Å². The van der Waals surface area contributed by atoms with Crippen LogP contribution < -0.4 is 16.8 Å². The minimum Gasteiger partial charge on any atom is -0.341 e. The van der Waals surface area contributed by atoms with Gasteiger partial charge in [-0.3, -0.25) is 14.5 Å². The summed E-state index contributed by atoms with van der Waals surface area (Å²) in [5.41, 5.74) is 13.6. The highest BCUT2D eigenvalue weighted by molar-refractivity contribution is 6.30. The highest BCUT2D eigenvalue weighted by Crippen LogP contribution is 2.47. The lowest BCUT2D eigenvalue weighted by Crippen LogP contribution is -2.59. The zero-order valence-corrected chi connectivity index (χ0v) is 24.7. The van der Waals surface area contributed by atoms with Crippen LogP contribution in [0.25, 0.3) is 0 Å². The number of benzene rings is 1. The summed E-state index contributed by atoms with van der Waals surface area (Å²) < 4.78 is 2.01. The molecule has 4 N–H and O–H groups in total. The standard InChI is InChI=1S/C30H44ClN9O/c31-25-10-6-22(7-11-25)18-27(40-28(35-36-37-40)23-8-12-26(32)13-9-23)29(41)38-16-14-30(15-17-38,19-39-21-33-20-34-39)24-4-2-1-3-5-24/h6-7,10-11,20-21,23-24,26-27,36-37H,1-5,8-9,12-19,32H2/t23?,26?,27-/m1/s1. The maximum Gasteiger partial charge on any atom is 0.247 e. The SMILES string of the molecule is NC1CCC(C2=NNNN2[C@H](Cc2ccc(Cl)cc2)C(=O)N2CCC(Cn3cncn3)(C3CCCCC3)CC2)CC1. The summed E-state index contributed by atoms with van der Waals surface area (Å²) in [4.78, 5) is 20.7. The van der Waals surface area contributed by atoms with Gasteiger partial charge >= 0.3 is 0 Å². The Morgan fingerprint density at radius 1 is 1.05 bits per heavy atom. The fourth-order valence-corrected chi connectivity index (χ4v) is 7.84. The van der Waals surface area contributed by atoms with E-state index in [-0.39, 0.29) is 23.3 Å². The molecule has 0 radical (unpaired) electrons. The molecule has 3 fully saturated rings. The van der Waals surface area contributed by atoms with E-state index >= 15 is 0 Å². The van der Waals surface area contributed by atoms with E-state index in [2.05, 4.69) is 31.2 Å². The number of halogens is 1. The first-order chi connectivity index (χ1) is 20.0. The molecular weight excluding hydrogens is 538 g/mol. The molecular formula is C30H44ClN9O. The molecule has 1 amide bonds. The number of nitrogens with zero attached hydrogens (tertiary/aromatic N) is 6. The van der Waals surface area contributed by atoms with Crippen molar-refractivity contribution in [3.8, 4) is 0 Å². The summed E-state index contributed by atoms with van der Waals surface area (Å²) in [7, 11) is 0. The van der Waals surface area contributed by atoms with Gasteiger partial charge in [-0.15, -0.1) is 10.6 Å². The summed E-state index contributed by atoms with van der Waals surface area (Å²) in [6.45, 7) is 2.40. The van der Waals surface area contributed by atoms with Crippen LogP contribution in [0.5, 0.6) is 0 Å². The van der Waals surface area contributed by atoms with Crippen molar-refractivity contribution in [1.82, 2.24) is 35.7 Å². The van der Waals surface area contributed by atoms with Gasteiger partial charge in [0.1, 0.15) is 24.5 Å². The Hall–Kier alpha value is -2.69. The van der Waals surface area contributed by atoms with Gasteiger partial charge in [-0.2, -0.15) is 5.10 Å². The average molecular weight is 582 g/mol. The number of nitrogens with one attached hydrogen (secondary N) is 2. The molecule has 2 aromatic rings. The first-order valence-electron chi connectivity index (χ1n) is 15.5. The molecule has 0 bridgehead atoms. The minimum atomic E-state index is -0.418. The van der Waals surface area contributed by atoms with Gasteiger partial charge in [-0.1, -0.05) is 43.0 Å². The predicted molar refractivity (Wildman–Crippen MR) is 159 cm³/mol. The maximum atomic E-state index is 14.4. The van der Waals surface area contributed by atoms with Crippen LogP contribution in [0.15, 0.2) is 42.0 Å². The summed E-state index contributed by atoms with van der Waals surface area (Å²) in [6.07, 6.45) is 16.4. The number of carbonyl (C=O) groups excluding carboxylic acids is 1. The fourth-order valence-electron chi connectivity index (χ4n) is 7.71. The number of likely N-dealkylation sites (tertiary alicyclic amines) is 1. The minimum absolute atomic E-state index is 0.148. The number of carbonyl (C=O) groups is 1. The number of aromatic nitrogens is 3. The third-order valence-electron chi connectivity index (χ3n) is 10.1. The number of piperidine rings is 1. The first kappa shape index (κ1) is 28.4. The molecule has 41 heavy (non-hydrogen) atoms. The van der Waals surface area contributed by atoms with Crippen molar-refractivity contribution in [3.63, 3.8) is 0 Å². The van der Waals surface area contributed by atoms with Crippen LogP contribution in [0.2, 0.25) is 5.02 Å². The van der Waals surface area contributed by atoms with Crippen LogP contribution in [0, 0.1) is 17.3 Å². The largest absolute Gasteiger partial charge is 0.341 e. The molecule has 1 atom stereocenters. The lowest BCUT2D eigenvalue weighted by molar-refractivity contribution is -0.140. The zero-order valence-electron chi connectivity index (χ0n) is 23.9. The third kappa shape index (κ3) is 6.39. The predicted octanol–water partition coefficient (Wildman–Crippen LogP) is 3.89. The van der Waals surface area contributed by atoms with Crippen LogP contribution in [0.4, 0.5) is 0 Å². The van der Waals surface area contributed by atoms with E-state index < -0.39 is 6.04 Å². The van der Waals surface area contributed by atoms with Gasteiger partial charge in [0.25, 0.3) is 0 Å². The Morgan fingerprint density at radius 3 is 2.46 bits per heavy atom. The first-order valence-corrected chi connectivity index (χ1v) is 15.9. The van der Waals surface area contributed by atoms with Gasteiger partial charge in [-0.25, -0.2) is 10.5 Å². The number of amides is 1. The van der Waals surface area contributed by atoms with Crippen molar-refractivity contribution in [2.45, 2.75) is 95.7 Å². The molecule has 2 saturated carbocycles. The second-order valence-corrected chi connectivity index (χ2v) is 13.1.